The van der Waals surface area contributed by atoms with Gasteiger partial charge < -0.3 is 14.6 Å². The smallest absolute Gasteiger partial charge is 0.322 e. The Hall–Kier alpha value is -2.20. The Morgan fingerprint density at radius 3 is 2.26 bits per heavy atom. The third-order valence-corrected chi connectivity index (χ3v) is 7.88. The molecular weight excluding hydrogens is 480 g/mol. The van der Waals surface area contributed by atoms with Crippen LogP contribution in [0.1, 0.15) is 44.6 Å². The van der Waals surface area contributed by atoms with Gasteiger partial charge in [-0.3, -0.25) is 9.78 Å². The number of sulfonamides is 1. The molecule has 188 valence electrons. The normalized spacial score (nSPS) is 19.3. The first-order chi connectivity index (χ1) is 15.9. The molecule has 0 radical (unpaired) electrons. The van der Waals surface area contributed by atoms with Crippen LogP contribution in [0.25, 0.3) is 0 Å². The molecule has 10 heteroatoms. The summed E-state index contributed by atoms with van der Waals surface area (Å²) >= 11 is 0. The van der Waals surface area contributed by atoms with Crippen molar-refractivity contribution in [3.8, 4) is 5.75 Å². The van der Waals surface area contributed by atoms with E-state index in [1.165, 1.54) is 19.2 Å². The lowest BCUT2D eigenvalue weighted by molar-refractivity contribution is -0.144. The van der Waals surface area contributed by atoms with Crippen molar-refractivity contribution < 1.29 is 27.8 Å². The Labute approximate surface area is 207 Å². The number of carboxylic acid groups (broad SMARTS) is 1. The predicted molar refractivity (Wildman–Crippen MR) is 131 cm³/mol. The summed E-state index contributed by atoms with van der Waals surface area (Å²) in [5, 5.41) is 10.2. The van der Waals surface area contributed by atoms with Crippen LogP contribution in [-0.4, -0.2) is 54.6 Å². The number of nitrogens with zero attached hydrogens (tertiary/aromatic N) is 2. The fraction of sp³-hybridized carbons (Fsp3) is 0.500. The van der Waals surface area contributed by atoms with Crippen molar-refractivity contribution in [3.63, 3.8) is 0 Å². The lowest BCUT2D eigenvalue weighted by Crippen LogP contribution is -2.50. The van der Waals surface area contributed by atoms with E-state index in [4.69, 9.17) is 9.47 Å². The van der Waals surface area contributed by atoms with Crippen LogP contribution in [-0.2, 0) is 26.1 Å². The molecule has 0 unspecified atom stereocenters. The van der Waals surface area contributed by atoms with E-state index in [1.807, 2.05) is 6.92 Å². The quantitative estimate of drug-likeness (QED) is 0.482. The van der Waals surface area contributed by atoms with E-state index in [-0.39, 0.29) is 35.9 Å². The van der Waals surface area contributed by atoms with E-state index in [1.54, 1.807) is 36.7 Å². The first-order valence-corrected chi connectivity index (χ1v) is 12.7. The molecule has 3 rings (SSSR count). The maximum absolute atomic E-state index is 13.7. The number of hydrogen-bond donors (Lipinski definition) is 1. The topological polar surface area (TPSA) is 106 Å². The van der Waals surface area contributed by atoms with Crippen LogP contribution < -0.4 is 4.74 Å². The average Bonchev–Trinajstić information content (AvgIpc) is 2.83. The molecule has 1 aliphatic carbocycles. The van der Waals surface area contributed by atoms with Gasteiger partial charge in [0.25, 0.3) is 0 Å². The number of hydrogen-bond acceptors (Lipinski definition) is 6. The number of aliphatic carboxylic acids is 1. The van der Waals surface area contributed by atoms with Gasteiger partial charge in [0, 0.05) is 25.5 Å². The molecule has 1 atom stereocenters. The van der Waals surface area contributed by atoms with Gasteiger partial charge in [-0.2, -0.15) is 4.31 Å². The second-order valence-electron chi connectivity index (χ2n) is 8.27. The highest BCUT2D eigenvalue weighted by Crippen LogP contribution is 2.34. The van der Waals surface area contributed by atoms with Crippen LogP contribution >= 0.6 is 12.4 Å². The summed E-state index contributed by atoms with van der Waals surface area (Å²) in [5.74, 6) is -0.923. The molecule has 0 saturated heterocycles. The SMILES string of the molecule is CCCO[C@H]1CC[C@H]([C@H](C(=O)O)N(Cc2ccncc2)S(=O)(=O)c2ccc(OC)cc2)CC1.Cl. The van der Waals surface area contributed by atoms with Gasteiger partial charge in [-0.15, -0.1) is 12.4 Å². The van der Waals surface area contributed by atoms with Gasteiger partial charge in [-0.05, 0) is 80.0 Å². The minimum Gasteiger partial charge on any atom is -0.497 e. The molecule has 0 aliphatic heterocycles. The standard InChI is InChI=1S/C24H32N2O6S.ClH/c1-3-16-32-21-6-4-19(5-7-21)23(24(27)28)26(17-18-12-14-25-15-13-18)33(29,30)22-10-8-20(31-2)9-11-22;/h8-15,19,21,23H,3-7,16-17H2,1-2H3,(H,27,28);1H/t19-,21-,23-;/m1./s1. The number of carbonyl (C=O) groups is 1. The van der Waals surface area contributed by atoms with Crippen LogP contribution in [0.5, 0.6) is 5.75 Å². The molecule has 1 heterocycles. The summed E-state index contributed by atoms with van der Waals surface area (Å²) < 4.78 is 39.5. The highest BCUT2D eigenvalue weighted by atomic mass is 35.5. The monoisotopic (exact) mass is 512 g/mol. The van der Waals surface area contributed by atoms with E-state index in [0.29, 0.717) is 30.8 Å². The van der Waals surface area contributed by atoms with Crippen LogP contribution in [0.15, 0.2) is 53.7 Å². The highest BCUT2D eigenvalue weighted by Gasteiger charge is 2.42. The molecule has 1 fully saturated rings. The summed E-state index contributed by atoms with van der Waals surface area (Å²) in [6.07, 6.45) is 6.80. The fourth-order valence-electron chi connectivity index (χ4n) is 4.30. The fourth-order valence-corrected chi connectivity index (χ4v) is 5.93. The van der Waals surface area contributed by atoms with Crippen LogP contribution in [0, 0.1) is 5.92 Å². The third-order valence-electron chi connectivity index (χ3n) is 6.04. The number of rotatable bonds is 11. The second kappa shape index (κ2) is 13.0. The first-order valence-electron chi connectivity index (χ1n) is 11.3. The van der Waals surface area contributed by atoms with Crippen molar-refractivity contribution in [1.29, 1.82) is 0 Å². The maximum Gasteiger partial charge on any atom is 0.322 e. The number of aromatic nitrogens is 1. The molecule has 1 aromatic carbocycles. The van der Waals surface area contributed by atoms with Gasteiger partial charge in [-0.1, -0.05) is 6.92 Å². The molecule has 0 amide bonds. The average molecular weight is 513 g/mol. The number of ether oxygens (including phenoxy) is 2. The number of halogens is 1. The largest absolute Gasteiger partial charge is 0.497 e. The predicted octanol–water partition coefficient (Wildman–Crippen LogP) is 4.14. The van der Waals surface area contributed by atoms with Crippen molar-refractivity contribution in [2.75, 3.05) is 13.7 Å². The van der Waals surface area contributed by atoms with Crippen molar-refractivity contribution in [3.05, 3.63) is 54.4 Å². The highest BCUT2D eigenvalue weighted by molar-refractivity contribution is 7.89. The van der Waals surface area contributed by atoms with Crippen molar-refractivity contribution >= 4 is 28.4 Å². The molecule has 1 saturated carbocycles. The van der Waals surface area contributed by atoms with Gasteiger partial charge in [0.2, 0.25) is 10.0 Å². The zero-order valence-corrected chi connectivity index (χ0v) is 21.1. The van der Waals surface area contributed by atoms with Gasteiger partial charge in [0.05, 0.1) is 18.1 Å². The molecule has 2 aromatic rings. The molecular formula is C24H33ClN2O6S. The number of methoxy groups -OCH3 is 1. The van der Waals surface area contributed by atoms with E-state index in [2.05, 4.69) is 4.98 Å². The lowest BCUT2D eigenvalue weighted by Gasteiger charge is -2.37. The summed E-state index contributed by atoms with van der Waals surface area (Å²) in [6, 6.07) is 8.23. The summed E-state index contributed by atoms with van der Waals surface area (Å²) in [6.45, 7) is 2.67. The second-order valence-corrected chi connectivity index (χ2v) is 10.2. The van der Waals surface area contributed by atoms with Gasteiger partial charge in [-0.25, -0.2) is 8.42 Å². The third kappa shape index (κ3) is 6.91. The van der Waals surface area contributed by atoms with E-state index < -0.39 is 22.0 Å². The van der Waals surface area contributed by atoms with Crippen molar-refractivity contribution in [1.82, 2.24) is 9.29 Å². The molecule has 8 nitrogen and oxygen atoms in total. The summed E-state index contributed by atoms with van der Waals surface area (Å²) in [4.78, 5) is 16.5. The zero-order valence-electron chi connectivity index (χ0n) is 19.5. The molecule has 1 N–H and O–H groups in total. The Kier molecular flexibility index (Phi) is 10.8. The Morgan fingerprint density at radius 2 is 1.74 bits per heavy atom. The summed E-state index contributed by atoms with van der Waals surface area (Å²) in [5.41, 5.74) is 0.674. The Morgan fingerprint density at radius 1 is 1.12 bits per heavy atom. The van der Waals surface area contributed by atoms with E-state index in [9.17, 15) is 18.3 Å². The zero-order chi connectivity index (χ0) is 23.8. The maximum atomic E-state index is 13.7. The molecule has 0 spiro atoms. The van der Waals surface area contributed by atoms with Crippen LogP contribution in [0.2, 0.25) is 0 Å². The minimum atomic E-state index is -4.10. The van der Waals surface area contributed by atoms with Gasteiger partial charge >= 0.3 is 5.97 Å². The van der Waals surface area contributed by atoms with Crippen molar-refractivity contribution in [2.45, 2.75) is 62.6 Å². The van der Waals surface area contributed by atoms with Gasteiger partial charge in [0.15, 0.2) is 0 Å². The number of carboxylic acids is 1. The number of benzene rings is 1. The molecule has 1 aliphatic rings. The van der Waals surface area contributed by atoms with Gasteiger partial charge in [0.1, 0.15) is 11.8 Å². The van der Waals surface area contributed by atoms with Crippen molar-refractivity contribution in [2.24, 2.45) is 5.92 Å². The minimum absolute atomic E-state index is 0. The molecule has 34 heavy (non-hydrogen) atoms. The first kappa shape index (κ1) is 28.0. The molecule has 1 aromatic heterocycles. The summed E-state index contributed by atoms with van der Waals surface area (Å²) in [7, 11) is -2.60. The Bertz CT molecular complexity index is 996. The molecule has 0 bridgehead atoms. The van der Waals surface area contributed by atoms with Crippen LogP contribution in [0.4, 0.5) is 0 Å². The number of pyridine rings is 1. The Balaban J connectivity index is 0.00000408. The van der Waals surface area contributed by atoms with E-state index in [0.717, 1.165) is 23.6 Å². The lowest BCUT2D eigenvalue weighted by atomic mass is 9.82. The van der Waals surface area contributed by atoms with Crippen LogP contribution in [0.3, 0.4) is 0 Å². The van der Waals surface area contributed by atoms with E-state index >= 15 is 0 Å².